The average Bonchev–Trinajstić information content (AvgIpc) is 3.22. The van der Waals surface area contributed by atoms with Crippen molar-refractivity contribution < 1.29 is 9.59 Å². The summed E-state index contributed by atoms with van der Waals surface area (Å²) in [5, 5.41) is 2.89. The maximum Gasteiger partial charge on any atom is 0.321 e. The van der Waals surface area contributed by atoms with Gasteiger partial charge >= 0.3 is 6.03 Å². The van der Waals surface area contributed by atoms with Gasteiger partial charge in [0.1, 0.15) is 0 Å². The van der Waals surface area contributed by atoms with E-state index in [0.29, 0.717) is 17.8 Å². The Bertz CT molecular complexity index is 844. The van der Waals surface area contributed by atoms with Crippen LogP contribution in [0.3, 0.4) is 0 Å². The van der Waals surface area contributed by atoms with E-state index in [2.05, 4.69) is 22.3 Å². The van der Waals surface area contributed by atoms with Crippen LogP contribution < -0.4 is 10.2 Å². The molecule has 0 saturated carbocycles. The second-order valence-corrected chi connectivity index (χ2v) is 7.39. The molecule has 0 aliphatic carbocycles. The Kier molecular flexibility index (Phi) is 6.19. The van der Waals surface area contributed by atoms with Gasteiger partial charge in [-0.15, -0.1) is 0 Å². The van der Waals surface area contributed by atoms with Crippen molar-refractivity contribution in [2.45, 2.75) is 19.4 Å². The lowest BCUT2D eigenvalue weighted by Gasteiger charge is -2.24. The van der Waals surface area contributed by atoms with Crippen LogP contribution in [0.4, 0.5) is 16.2 Å². The number of para-hydroxylation sites is 1. The predicted molar refractivity (Wildman–Crippen MR) is 113 cm³/mol. The monoisotopic (exact) mass is 380 g/mol. The second kappa shape index (κ2) is 8.78. The molecule has 1 saturated heterocycles. The van der Waals surface area contributed by atoms with Crippen LogP contribution in [0.5, 0.6) is 0 Å². The van der Waals surface area contributed by atoms with Crippen molar-refractivity contribution in [3.63, 3.8) is 0 Å². The number of amides is 3. The first kappa shape index (κ1) is 19.7. The molecule has 0 bridgehead atoms. The smallest absolute Gasteiger partial charge is 0.321 e. The number of hydrogen-bond donors (Lipinski definition) is 1. The van der Waals surface area contributed by atoms with Gasteiger partial charge in [-0.3, -0.25) is 4.79 Å². The van der Waals surface area contributed by atoms with Crippen LogP contribution in [-0.4, -0.2) is 56.0 Å². The SMILES string of the molecule is CN(C)C(=O)c1cccc(NC(=O)N(C)Cc2ccccc2N2CCCC2)c1. The Morgan fingerprint density at radius 3 is 2.43 bits per heavy atom. The minimum Gasteiger partial charge on any atom is -0.371 e. The zero-order valence-corrected chi connectivity index (χ0v) is 16.8. The summed E-state index contributed by atoms with van der Waals surface area (Å²) in [4.78, 5) is 30.4. The Hall–Kier alpha value is -3.02. The molecule has 1 aliphatic rings. The maximum absolute atomic E-state index is 12.7. The van der Waals surface area contributed by atoms with Crippen LogP contribution in [-0.2, 0) is 6.54 Å². The van der Waals surface area contributed by atoms with Crippen molar-refractivity contribution in [3.8, 4) is 0 Å². The average molecular weight is 380 g/mol. The Morgan fingerprint density at radius 1 is 1.00 bits per heavy atom. The van der Waals surface area contributed by atoms with Gasteiger partial charge in [0, 0.05) is 57.7 Å². The van der Waals surface area contributed by atoms with Gasteiger partial charge in [-0.1, -0.05) is 24.3 Å². The third-order valence-corrected chi connectivity index (χ3v) is 4.96. The zero-order chi connectivity index (χ0) is 20.1. The number of carbonyl (C=O) groups excluding carboxylic acids is 2. The zero-order valence-electron chi connectivity index (χ0n) is 16.8. The van der Waals surface area contributed by atoms with Crippen molar-refractivity contribution in [1.29, 1.82) is 0 Å². The summed E-state index contributed by atoms with van der Waals surface area (Å²) in [7, 11) is 5.20. The van der Waals surface area contributed by atoms with Gasteiger partial charge in [0.2, 0.25) is 0 Å². The van der Waals surface area contributed by atoms with Crippen molar-refractivity contribution >= 4 is 23.3 Å². The van der Waals surface area contributed by atoms with Gasteiger partial charge in [0.15, 0.2) is 0 Å². The molecule has 1 aliphatic heterocycles. The molecule has 148 valence electrons. The second-order valence-electron chi connectivity index (χ2n) is 7.39. The molecule has 28 heavy (non-hydrogen) atoms. The lowest BCUT2D eigenvalue weighted by molar-refractivity contribution is 0.0827. The fourth-order valence-corrected chi connectivity index (χ4v) is 3.45. The molecule has 0 unspecified atom stereocenters. The van der Waals surface area contributed by atoms with Crippen LogP contribution in [0, 0.1) is 0 Å². The molecule has 1 heterocycles. The number of rotatable bonds is 5. The van der Waals surface area contributed by atoms with E-state index >= 15 is 0 Å². The highest BCUT2D eigenvalue weighted by atomic mass is 16.2. The highest BCUT2D eigenvalue weighted by Crippen LogP contribution is 2.25. The summed E-state index contributed by atoms with van der Waals surface area (Å²) < 4.78 is 0. The molecule has 3 rings (SSSR count). The van der Waals surface area contributed by atoms with Gasteiger partial charge in [-0.25, -0.2) is 4.79 Å². The number of urea groups is 1. The summed E-state index contributed by atoms with van der Waals surface area (Å²) in [5.41, 5.74) is 3.50. The highest BCUT2D eigenvalue weighted by Gasteiger charge is 2.18. The molecule has 6 nitrogen and oxygen atoms in total. The molecule has 6 heteroatoms. The minimum absolute atomic E-state index is 0.0935. The largest absolute Gasteiger partial charge is 0.371 e. The van der Waals surface area contributed by atoms with Crippen molar-refractivity contribution in [2.75, 3.05) is 44.4 Å². The van der Waals surface area contributed by atoms with Crippen molar-refractivity contribution in [3.05, 3.63) is 59.7 Å². The molecule has 3 amide bonds. The third-order valence-electron chi connectivity index (χ3n) is 4.96. The molecule has 2 aromatic carbocycles. The molecule has 2 aromatic rings. The molecular formula is C22H28N4O2. The van der Waals surface area contributed by atoms with Crippen molar-refractivity contribution in [2.24, 2.45) is 0 Å². The van der Waals surface area contributed by atoms with Gasteiger partial charge in [0.05, 0.1) is 0 Å². The molecule has 0 atom stereocenters. The van der Waals surface area contributed by atoms with Gasteiger partial charge < -0.3 is 20.0 Å². The normalized spacial score (nSPS) is 13.3. The van der Waals surface area contributed by atoms with Crippen LogP contribution in [0.2, 0.25) is 0 Å². The van der Waals surface area contributed by atoms with E-state index < -0.39 is 0 Å². The number of anilines is 2. The molecule has 0 radical (unpaired) electrons. The lowest BCUT2D eigenvalue weighted by Crippen LogP contribution is -2.32. The van der Waals surface area contributed by atoms with E-state index in [4.69, 9.17) is 0 Å². The molecule has 0 spiro atoms. The summed E-state index contributed by atoms with van der Waals surface area (Å²) >= 11 is 0. The molecular weight excluding hydrogens is 352 g/mol. The van der Waals surface area contributed by atoms with Gasteiger partial charge in [0.25, 0.3) is 5.91 Å². The highest BCUT2D eigenvalue weighted by molar-refractivity contribution is 5.96. The van der Waals surface area contributed by atoms with E-state index in [1.165, 1.54) is 23.4 Å². The van der Waals surface area contributed by atoms with E-state index in [9.17, 15) is 9.59 Å². The quantitative estimate of drug-likeness (QED) is 0.861. The number of benzene rings is 2. The number of carbonyl (C=O) groups is 2. The van der Waals surface area contributed by atoms with Crippen LogP contribution in [0.1, 0.15) is 28.8 Å². The number of hydrogen-bond acceptors (Lipinski definition) is 3. The Morgan fingerprint density at radius 2 is 1.71 bits per heavy atom. The van der Waals surface area contributed by atoms with Gasteiger partial charge in [-0.05, 0) is 42.7 Å². The van der Waals surface area contributed by atoms with Crippen LogP contribution in [0.15, 0.2) is 48.5 Å². The Balaban J connectivity index is 1.68. The first-order valence-electron chi connectivity index (χ1n) is 9.62. The summed E-state index contributed by atoms with van der Waals surface area (Å²) in [5.74, 6) is -0.0935. The number of nitrogens with one attached hydrogen (secondary N) is 1. The minimum atomic E-state index is -0.203. The maximum atomic E-state index is 12.7. The summed E-state index contributed by atoms with van der Waals surface area (Å²) in [6, 6.07) is 15.1. The molecule has 1 fully saturated rings. The summed E-state index contributed by atoms with van der Waals surface area (Å²) in [6.07, 6.45) is 2.43. The van der Waals surface area contributed by atoms with E-state index in [1.54, 1.807) is 50.3 Å². The van der Waals surface area contributed by atoms with Crippen molar-refractivity contribution in [1.82, 2.24) is 9.80 Å². The first-order valence-corrected chi connectivity index (χ1v) is 9.62. The topological polar surface area (TPSA) is 55.9 Å². The lowest BCUT2D eigenvalue weighted by atomic mass is 10.1. The van der Waals surface area contributed by atoms with Gasteiger partial charge in [-0.2, -0.15) is 0 Å². The standard InChI is InChI=1S/C22H28N4O2/c1-24(2)21(27)17-10-8-11-19(15-17)23-22(28)25(3)16-18-9-4-5-12-20(18)26-13-6-7-14-26/h4-5,8-12,15H,6-7,13-14,16H2,1-3H3,(H,23,28). The fraction of sp³-hybridized carbons (Fsp3) is 0.364. The third kappa shape index (κ3) is 4.63. The van der Waals surface area contributed by atoms with E-state index in [0.717, 1.165) is 18.7 Å². The van der Waals surface area contributed by atoms with Crippen LogP contribution in [0.25, 0.3) is 0 Å². The fourth-order valence-electron chi connectivity index (χ4n) is 3.45. The molecule has 0 aromatic heterocycles. The first-order chi connectivity index (χ1) is 13.5. The molecule has 1 N–H and O–H groups in total. The number of nitrogens with zero attached hydrogens (tertiary/aromatic N) is 3. The van der Waals surface area contributed by atoms with Crippen LogP contribution >= 0.6 is 0 Å². The predicted octanol–water partition coefficient (Wildman–Crippen LogP) is 3.65. The van der Waals surface area contributed by atoms with E-state index in [1.807, 2.05) is 12.1 Å². The van der Waals surface area contributed by atoms with E-state index in [-0.39, 0.29) is 11.9 Å². The Labute approximate surface area is 166 Å². The summed E-state index contributed by atoms with van der Waals surface area (Å²) in [6.45, 7) is 2.66.